The van der Waals surface area contributed by atoms with Gasteiger partial charge in [-0.15, -0.1) is 0 Å². The number of rotatable bonds is 10. The van der Waals surface area contributed by atoms with Crippen LogP contribution in [-0.2, 0) is 33.1 Å². The number of halogens is 5. The number of nitrogens with zero attached hydrogens (tertiary/aromatic N) is 6. The van der Waals surface area contributed by atoms with Crippen LogP contribution in [0.1, 0.15) is 75.1 Å². The summed E-state index contributed by atoms with van der Waals surface area (Å²) in [5.41, 5.74) is 7.31. The van der Waals surface area contributed by atoms with Crippen LogP contribution in [0.15, 0.2) is 41.2 Å². The van der Waals surface area contributed by atoms with Crippen LogP contribution >= 0.6 is 11.6 Å². The Morgan fingerprint density at radius 1 is 1.00 bits per heavy atom. The number of anilines is 1. The molecule has 57 heavy (non-hydrogen) atoms. The average molecular weight is 833 g/mol. The Balaban J connectivity index is 1.46. The maximum Gasteiger partial charge on any atom is 0.268 e. The van der Waals surface area contributed by atoms with E-state index in [2.05, 4.69) is 14.7 Å². The molecule has 1 saturated heterocycles. The molecular formula is C39H45ClF4N8O4S. The van der Waals surface area contributed by atoms with E-state index >= 15 is 4.79 Å². The van der Waals surface area contributed by atoms with Gasteiger partial charge in [-0.3, -0.25) is 23.7 Å². The van der Waals surface area contributed by atoms with E-state index in [0.717, 1.165) is 24.5 Å². The lowest BCUT2D eigenvalue weighted by Crippen LogP contribution is -2.46. The quantitative estimate of drug-likeness (QED) is 0.149. The molecule has 0 spiro atoms. The Labute approximate surface area is 332 Å². The minimum atomic E-state index is -3.85. The van der Waals surface area contributed by atoms with Crippen LogP contribution in [-0.4, -0.2) is 81.7 Å². The number of sulfonamides is 1. The molecule has 1 aliphatic heterocycles. The highest BCUT2D eigenvalue weighted by molar-refractivity contribution is 7.92. The summed E-state index contributed by atoms with van der Waals surface area (Å²) in [5, 5.41) is 5.17. The minimum Gasteiger partial charge on any atom is -0.373 e. The van der Waals surface area contributed by atoms with E-state index in [1.807, 2.05) is 20.8 Å². The van der Waals surface area contributed by atoms with Crippen molar-refractivity contribution < 1.29 is 30.7 Å². The van der Waals surface area contributed by atoms with Crippen molar-refractivity contribution >= 4 is 49.4 Å². The molecule has 0 amide bonds. The molecule has 1 aliphatic carbocycles. The first-order valence-corrected chi connectivity index (χ1v) is 21.1. The first-order chi connectivity index (χ1) is 26.7. The number of nitrogens with two attached hydrogens (primary N) is 1. The van der Waals surface area contributed by atoms with Crippen molar-refractivity contribution in [3.8, 4) is 5.69 Å². The van der Waals surface area contributed by atoms with E-state index in [1.54, 1.807) is 23.7 Å². The Kier molecular flexibility index (Phi) is 10.9. The number of alkyl halides is 2. The lowest BCUT2D eigenvalue weighted by molar-refractivity contribution is -0.0686. The molecule has 2 fully saturated rings. The van der Waals surface area contributed by atoms with E-state index in [4.69, 9.17) is 32.0 Å². The van der Waals surface area contributed by atoms with Gasteiger partial charge in [0, 0.05) is 49.7 Å². The standard InChI is InChI=1S/C39H45ClF4N8O4S/c1-21-14-30(38(4)8-10-39(43,44)11-9-38)46-34-31(21)37(53)52(36(47-34)28(45)17-24-15-25(41)18-26(42)16-24)29-7-6-27(40)32-33(29)51(48-35(32)49-57(5,54)55)13-12-50-19-22(2)56-23(3)20-50/h6-7,14-16,18,22-23,28H,8-13,17,19-20,45H2,1-5H3,(H,48,49)/t22-,23+,28-/m0/s1. The van der Waals surface area contributed by atoms with Crippen molar-refractivity contribution in [3.05, 3.63) is 86.1 Å². The number of ether oxygens (including phenoxy) is 1. The van der Waals surface area contributed by atoms with E-state index < -0.39 is 44.6 Å². The fourth-order valence-corrected chi connectivity index (χ4v) is 8.96. The van der Waals surface area contributed by atoms with Crippen LogP contribution in [0.3, 0.4) is 0 Å². The summed E-state index contributed by atoms with van der Waals surface area (Å²) in [6, 6.07) is 6.68. The van der Waals surface area contributed by atoms with Crippen LogP contribution in [0.2, 0.25) is 5.02 Å². The number of benzene rings is 2. The summed E-state index contributed by atoms with van der Waals surface area (Å²) in [6.07, 6.45) is 0.522. The molecule has 5 aromatic rings. The zero-order chi connectivity index (χ0) is 41.2. The monoisotopic (exact) mass is 832 g/mol. The van der Waals surface area contributed by atoms with Gasteiger partial charge in [0.05, 0.1) is 58.0 Å². The van der Waals surface area contributed by atoms with Crippen molar-refractivity contribution in [1.82, 2.24) is 29.2 Å². The molecule has 18 heteroatoms. The predicted molar refractivity (Wildman–Crippen MR) is 211 cm³/mol. The summed E-state index contributed by atoms with van der Waals surface area (Å²) in [7, 11) is -3.85. The Morgan fingerprint density at radius 2 is 1.65 bits per heavy atom. The summed E-state index contributed by atoms with van der Waals surface area (Å²) < 4.78 is 93.7. The zero-order valence-corrected chi connectivity index (χ0v) is 33.8. The number of morpholine rings is 1. The van der Waals surface area contributed by atoms with Crippen molar-refractivity contribution in [2.45, 2.75) is 95.9 Å². The maximum atomic E-state index is 15.1. The van der Waals surface area contributed by atoms with Crippen LogP contribution in [0, 0.1) is 18.6 Å². The first kappa shape index (κ1) is 41.0. The van der Waals surface area contributed by atoms with Gasteiger partial charge in [-0.2, -0.15) is 5.10 Å². The second-order valence-corrected chi connectivity index (χ2v) is 18.0. The van der Waals surface area contributed by atoms with Crippen LogP contribution in [0.4, 0.5) is 23.4 Å². The molecule has 12 nitrogen and oxygen atoms in total. The molecule has 0 unspecified atom stereocenters. The highest BCUT2D eigenvalue weighted by Crippen LogP contribution is 2.45. The second kappa shape index (κ2) is 15.2. The third-order valence-corrected chi connectivity index (χ3v) is 11.8. The fourth-order valence-electron chi connectivity index (χ4n) is 8.22. The molecule has 2 aromatic carbocycles. The summed E-state index contributed by atoms with van der Waals surface area (Å²) in [5.74, 6) is -4.48. The highest BCUT2D eigenvalue weighted by atomic mass is 35.5. The molecule has 306 valence electrons. The Bertz CT molecular complexity index is 2510. The van der Waals surface area contributed by atoms with E-state index in [0.29, 0.717) is 36.4 Å². The number of hydrogen-bond donors (Lipinski definition) is 2. The topological polar surface area (TPSA) is 150 Å². The van der Waals surface area contributed by atoms with Crippen LogP contribution in [0.25, 0.3) is 27.6 Å². The number of aryl methyl sites for hydroxylation is 1. The molecule has 0 bridgehead atoms. The van der Waals surface area contributed by atoms with Gasteiger partial charge in [0.25, 0.3) is 5.56 Å². The molecule has 0 radical (unpaired) electrons. The third-order valence-electron chi connectivity index (χ3n) is 10.9. The van der Waals surface area contributed by atoms with Gasteiger partial charge < -0.3 is 10.5 Å². The summed E-state index contributed by atoms with van der Waals surface area (Å²) in [6.45, 7) is 9.57. The Morgan fingerprint density at radius 3 is 2.28 bits per heavy atom. The van der Waals surface area contributed by atoms with Crippen molar-refractivity contribution in [2.24, 2.45) is 5.73 Å². The number of aromatic nitrogens is 5. The van der Waals surface area contributed by atoms with Gasteiger partial charge in [0.15, 0.2) is 11.5 Å². The van der Waals surface area contributed by atoms with E-state index in [1.165, 1.54) is 10.6 Å². The molecule has 3 aromatic heterocycles. The number of pyridine rings is 1. The van der Waals surface area contributed by atoms with Gasteiger partial charge in [-0.05, 0) is 81.5 Å². The summed E-state index contributed by atoms with van der Waals surface area (Å²) in [4.78, 5) is 26.9. The lowest BCUT2D eigenvalue weighted by Gasteiger charge is -2.37. The molecule has 7 rings (SSSR count). The zero-order valence-electron chi connectivity index (χ0n) is 32.3. The van der Waals surface area contributed by atoms with Gasteiger partial charge in [0.1, 0.15) is 17.5 Å². The van der Waals surface area contributed by atoms with E-state index in [9.17, 15) is 26.0 Å². The Hall–Kier alpha value is -4.16. The van der Waals surface area contributed by atoms with Gasteiger partial charge >= 0.3 is 0 Å². The van der Waals surface area contributed by atoms with Crippen molar-refractivity contribution in [2.75, 3.05) is 30.6 Å². The maximum absolute atomic E-state index is 15.1. The molecule has 2 aliphatic rings. The predicted octanol–water partition coefficient (Wildman–Crippen LogP) is 6.56. The SMILES string of the molecule is Cc1cc(C2(C)CCC(F)(F)CC2)nc2nc([C@@H](N)Cc3cc(F)cc(F)c3)n(-c3ccc(Cl)c4c(NS(C)(=O)=O)nn(CCN5C[C@@H](C)O[C@@H](C)C5)c34)c(=O)c12. The molecule has 4 heterocycles. The lowest BCUT2D eigenvalue weighted by atomic mass is 9.71. The normalized spacial score (nSPS) is 20.6. The minimum absolute atomic E-state index is 0.0209. The van der Waals surface area contributed by atoms with Gasteiger partial charge in [-0.25, -0.2) is 35.9 Å². The average Bonchev–Trinajstić information content (AvgIpc) is 3.45. The second-order valence-electron chi connectivity index (χ2n) is 15.9. The van der Waals surface area contributed by atoms with Gasteiger partial charge in [0.2, 0.25) is 15.9 Å². The highest BCUT2D eigenvalue weighted by Gasteiger charge is 2.43. The number of nitrogens with one attached hydrogen (secondary N) is 1. The van der Waals surface area contributed by atoms with E-state index in [-0.39, 0.29) is 95.2 Å². The van der Waals surface area contributed by atoms with Crippen molar-refractivity contribution in [1.29, 1.82) is 0 Å². The van der Waals surface area contributed by atoms with Crippen molar-refractivity contribution in [3.63, 3.8) is 0 Å². The smallest absolute Gasteiger partial charge is 0.268 e. The largest absolute Gasteiger partial charge is 0.373 e. The molecular weight excluding hydrogens is 788 g/mol. The third kappa shape index (κ3) is 8.53. The first-order valence-electron chi connectivity index (χ1n) is 18.8. The van der Waals surface area contributed by atoms with Gasteiger partial charge in [-0.1, -0.05) is 18.5 Å². The number of hydrogen-bond acceptors (Lipinski definition) is 9. The van der Waals surface area contributed by atoms with Crippen LogP contribution in [0.5, 0.6) is 0 Å². The fraction of sp³-hybridized carbons (Fsp3) is 0.487. The molecule has 3 N–H and O–H groups in total. The van der Waals surface area contributed by atoms with Crippen LogP contribution < -0.4 is 16.0 Å². The summed E-state index contributed by atoms with van der Waals surface area (Å²) >= 11 is 6.80. The molecule has 1 saturated carbocycles. The number of fused-ring (bicyclic) bond motifs is 2. The molecule has 3 atom stereocenters.